The van der Waals surface area contributed by atoms with Crippen molar-refractivity contribution in [1.29, 1.82) is 0 Å². The molecule has 0 amide bonds. The standard InChI is InChI=1S/C14H15Br2NO2/c1-8(17-2)12-4-5-13(19-12)9-6-14(18-3)11(16)7-10(9)15/h4-8,17H,1-3H3. The van der Waals surface area contributed by atoms with Crippen LogP contribution in [0.15, 0.2) is 37.6 Å². The summed E-state index contributed by atoms with van der Waals surface area (Å²) in [6.07, 6.45) is 0. The molecule has 2 aromatic rings. The van der Waals surface area contributed by atoms with E-state index >= 15 is 0 Å². The van der Waals surface area contributed by atoms with Crippen LogP contribution in [0.3, 0.4) is 0 Å². The highest BCUT2D eigenvalue weighted by molar-refractivity contribution is 9.11. The van der Waals surface area contributed by atoms with Crippen LogP contribution in [0.4, 0.5) is 0 Å². The van der Waals surface area contributed by atoms with Gasteiger partial charge in [-0.3, -0.25) is 0 Å². The lowest BCUT2D eigenvalue weighted by Gasteiger charge is -2.09. The minimum atomic E-state index is 0.185. The van der Waals surface area contributed by atoms with Crippen molar-refractivity contribution in [1.82, 2.24) is 5.32 Å². The van der Waals surface area contributed by atoms with E-state index in [1.165, 1.54) is 0 Å². The number of furan rings is 1. The minimum absolute atomic E-state index is 0.185. The first-order valence-electron chi connectivity index (χ1n) is 5.87. The maximum atomic E-state index is 5.88. The quantitative estimate of drug-likeness (QED) is 0.819. The van der Waals surface area contributed by atoms with Crippen LogP contribution in [-0.4, -0.2) is 14.2 Å². The molecule has 1 atom stereocenters. The van der Waals surface area contributed by atoms with Crippen molar-refractivity contribution in [2.75, 3.05) is 14.2 Å². The molecule has 0 bridgehead atoms. The normalized spacial score (nSPS) is 12.5. The van der Waals surface area contributed by atoms with Crippen molar-refractivity contribution >= 4 is 31.9 Å². The van der Waals surface area contributed by atoms with Gasteiger partial charge < -0.3 is 14.5 Å². The first-order chi connectivity index (χ1) is 9.06. The van der Waals surface area contributed by atoms with Gasteiger partial charge in [0.2, 0.25) is 0 Å². The second-order valence-corrected chi connectivity index (χ2v) is 5.89. The van der Waals surface area contributed by atoms with Crippen molar-refractivity contribution in [2.45, 2.75) is 13.0 Å². The number of hydrogen-bond acceptors (Lipinski definition) is 3. The molecule has 0 saturated heterocycles. The number of halogens is 2. The largest absolute Gasteiger partial charge is 0.496 e. The van der Waals surface area contributed by atoms with E-state index in [1.807, 2.05) is 31.3 Å². The molecule has 19 heavy (non-hydrogen) atoms. The van der Waals surface area contributed by atoms with E-state index in [9.17, 15) is 0 Å². The molecule has 0 aliphatic heterocycles. The Balaban J connectivity index is 2.44. The highest BCUT2D eigenvalue weighted by atomic mass is 79.9. The van der Waals surface area contributed by atoms with Gasteiger partial charge in [-0.05, 0) is 70.1 Å². The minimum Gasteiger partial charge on any atom is -0.496 e. The van der Waals surface area contributed by atoms with E-state index in [4.69, 9.17) is 9.15 Å². The summed E-state index contributed by atoms with van der Waals surface area (Å²) in [5.41, 5.74) is 0.967. The van der Waals surface area contributed by atoms with Crippen LogP contribution in [0.5, 0.6) is 5.75 Å². The maximum Gasteiger partial charge on any atom is 0.135 e. The zero-order valence-electron chi connectivity index (χ0n) is 11.0. The fourth-order valence-corrected chi connectivity index (χ4v) is 3.10. The lowest BCUT2D eigenvalue weighted by molar-refractivity contribution is 0.411. The van der Waals surface area contributed by atoms with E-state index in [0.717, 1.165) is 31.8 Å². The molecule has 2 rings (SSSR count). The number of nitrogens with one attached hydrogen (secondary N) is 1. The average Bonchev–Trinajstić information content (AvgIpc) is 2.87. The van der Waals surface area contributed by atoms with Crippen LogP contribution < -0.4 is 10.1 Å². The molecule has 5 heteroatoms. The predicted octanol–water partition coefficient (Wildman–Crippen LogP) is 4.76. The molecule has 0 fully saturated rings. The number of rotatable bonds is 4. The Kier molecular flexibility index (Phi) is 4.71. The predicted molar refractivity (Wildman–Crippen MR) is 83.6 cm³/mol. The summed E-state index contributed by atoms with van der Waals surface area (Å²) in [6.45, 7) is 2.06. The molecule has 0 aliphatic rings. The monoisotopic (exact) mass is 387 g/mol. The fraction of sp³-hybridized carbons (Fsp3) is 0.286. The Morgan fingerprint density at radius 2 is 1.95 bits per heavy atom. The zero-order valence-corrected chi connectivity index (χ0v) is 14.1. The summed E-state index contributed by atoms with van der Waals surface area (Å²) in [6, 6.07) is 8.04. The summed E-state index contributed by atoms with van der Waals surface area (Å²) in [5, 5.41) is 3.15. The van der Waals surface area contributed by atoms with Gasteiger partial charge in [0.25, 0.3) is 0 Å². The smallest absolute Gasteiger partial charge is 0.135 e. The molecule has 3 nitrogen and oxygen atoms in total. The van der Waals surface area contributed by atoms with Crippen molar-refractivity contribution in [3.63, 3.8) is 0 Å². The molecule has 1 N–H and O–H groups in total. The molecular formula is C14H15Br2NO2. The molecule has 0 spiro atoms. The highest BCUT2D eigenvalue weighted by Crippen LogP contribution is 2.38. The van der Waals surface area contributed by atoms with Crippen LogP contribution in [0.2, 0.25) is 0 Å². The third kappa shape index (κ3) is 3.04. The van der Waals surface area contributed by atoms with Crippen LogP contribution in [0.1, 0.15) is 18.7 Å². The summed E-state index contributed by atoms with van der Waals surface area (Å²) >= 11 is 7.01. The van der Waals surface area contributed by atoms with Gasteiger partial charge in [0.05, 0.1) is 17.6 Å². The third-order valence-electron chi connectivity index (χ3n) is 2.99. The van der Waals surface area contributed by atoms with Gasteiger partial charge in [0.1, 0.15) is 17.3 Å². The van der Waals surface area contributed by atoms with Crippen molar-refractivity contribution in [3.8, 4) is 17.1 Å². The molecule has 102 valence electrons. The molecule has 0 radical (unpaired) electrons. The van der Waals surface area contributed by atoms with Gasteiger partial charge in [0, 0.05) is 10.0 Å². The van der Waals surface area contributed by atoms with Gasteiger partial charge in [-0.1, -0.05) is 0 Å². The van der Waals surface area contributed by atoms with Gasteiger partial charge in [-0.2, -0.15) is 0 Å². The molecule has 1 aromatic heterocycles. The van der Waals surface area contributed by atoms with E-state index in [2.05, 4.69) is 44.1 Å². The van der Waals surface area contributed by atoms with E-state index in [-0.39, 0.29) is 6.04 Å². The Labute approximate surface area is 129 Å². The van der Waals surface area contributed by atoms with Crippen LogP contribution in [0, 0.1) is 0 Å². The number of ether oxygens (including phenoxy) is 1. The molecule has 1 unspecified atom stereocenters. The lowest BCUT2D eigenvalue weighted by Crippen LogP contribution is -2.11. The van der Waals surface area contributed by atoms with E-state index < -0.39 is 0 Å². The van der Waals surface area contributed by atoms with Crippen molar-refractivity contribution in [2.24, 2.45) is 0 Å². The third-order valence-corrected chi connectivity index (χ3v) is 4.27. The molecular weight excluding hydrogens is 374 g/mol. The van der Waals surface area contributed by atoms with E-state index in [0.29, 0.717) is 0 Å². The van der Waals surface area contributed by atoms with Gasteiger partial charge >= 0.3 is 0 Å². The highest BCUT2D eigenvalue weighted by Gasteiger charge is 2.14. The summed E-state index contributed by atoms with van der Waals surface area (Å²) in [4.78, 5) is 0. The fourth-order valence-electron chi connectivity index (χ4n) is 1.75. The second-order valence-electron chi connectivity index (χ2n) is 4.18. The lowest BCUT2D eigenvalue weighted by atomic mass is 10.1. The first-order valence-corrected chi connectivity index (χ1v) is 7.45. The second kappa shape index (κ2) is 6.11. The number of benzene rings is 1. The van der Waals surface area contributed by atoms with Gasteiger partial charge in [-0.15, -0.1) is 0 Å². The SMILES string of the molecule is CNC(C)c1ccc(-c2cc(OC)c(Br)cc2Br)o1. The summed E-state index contributed by atoms with van der Waals surface area (Å²) < 4.78 is 13.1. The summed E-state index contributed by atoms with van der Waals surface area (Å²) in [5.74, 6) is 2.50. The molecule has 1 aromatic carbocycles. The number of hydrogen-bond donors (Lipinski definition) is 1. The molecule has 1 heterocycles. The summed E-state index contributed by atoms with van der Waals surface area (Å²) in [7, 11) is 3.56. The van der Waals surface area contributed by atoms with Crippen LogP contribution in [-0.2, 0) is 0 Å². The maximum absolute atomic E-state index is 5.88. The van der Waals surface area contributed by atoms with Crippen LogP contribution >= 0.6 is 31.9 Å². The van der Waals surface area contributed by atoms with Crippen molar-refractivity contribution in [3.05, 3.63) is 39.0 Å². The zero-order chi connectivity index (χ0) is 14.0. The molecule has 0 saturated carbocycles. The van der Waals surface area contributed by atoms with Crippen LogP contribution in [0.25, 0.3) is 11.3 Å². The Morgan fingerprint density at radius 1 is 1.21 bits per heavy atom. The first kappa shape index (κ1) is 14.6. The Hall–Kier alpha value is -0.780. The van der Waals surface area contributed by atoms with Gasteiger partial charge in [0.15, 0.2) is 0 Å². The average molecular weight is 389 g/mol. The van der Waals surface area contributed by atoms with E-state index in [1.54, 1.807) is 7.11 Å². The van der Waals surface area contributed by atoms with Crippen molar-refractivity contribution < 1.29 is 9.15 Å². The Bertz CT molecular complexity index is 581. The Morgan fingerprint density at radius 3 is 2.58 bits per heavy atom. The topological polar surface area (TPSA) is 34.4 Å². The molecule has 0 aliphatic carbocycles. The number of methoxy groups -OCH3 is 1. The van der Waals surface area contributed by atoms with Gasteiger partial charge in [-0.25, -0.2) is 0 Å².